The molecule has 4 rings (SSSR count). The summed E-state index contributed by atoms with van der Waals surface area (Å²) in [5.74, 6) is -3.34. The Hall–Kier alpha value is -2.99. The second kappa shape index (κ2) is 6.26. The highest BCUT2D eigenvalue weighted by molar-refractivity contribution is 5.59. The Balaban J connectivity index is 1.68. The van der Waals surface area contributed by atoms with Crippen LogP contribution in [0.25, 0.3) is 16.9 Å². The van der Waals surface area contributed by atoms with Gasteiger partial charge in [0.25, 0.3) is 5.88 Å². The van der Waals surface area contributed by atoms with Crippen LogP contribution in [-0.4, -0.2) is 36.3 Å². The SMILES string of the molecule is Fc1cc(-c2cn3c(C(F)(F)F)nnc3cn2)cnc1OC1(C(F)(F)F)CCC1. The maximum atomic E-state index is 14.3. The Kier molecular flexibility index (Phi) is 4.17. The minimum absolute atomic E-state index is 0.0618. The normalized spacial score (nSPS) is 16.7. The lowest BCUT2D eigenvalue weighted by Crippen LogP contribution is -2.55. The Morgan fingerprint density at radius 1 is 1.00 bits per heavy atom. The maximum absolute atomic E-state index is 14.3. The zero-order chi connectivity index (χ0) is 21.0. The van der Waals surface area contributed by atoms with Gasteiger partial charge in [0.05, 0.1) is 11.9 Å². The summed E-state index contributed by atoms with van der Waals surface area (Å²) in [7, 11) is 0. The maximum Gasteiger partial charge on any atom is 0.452 e. The van der Waals surface area contributed by atoms with Crippen molar-refractivity contribution in [2.24, 2.45) is 0 Å². The third-order valence-electron chi connectivity index (χ3n) is 4.62. The molecular formula is C16H10F7N5O. The van der Waals surface area contributed by atoms with Gasteiger partial charge in [-0.1, -0.05) is 0 Å². The molecule has 13 heteroatoms. The highest BCUT2D eigenvalue weighted by Crippen LogP contribution is 2.48. The largest absolute Gasteiger partial charge is 0.459 e. The molecule has 0 bridgehead atoms. The first kappa shape index (κ1) is 19.3. The third-order valence-corrected chi connectivity index (χ3v) is 4.62. The van der Waals surface area contributed by atoms with Gasteiger partial charge in [-0.25, -0.2) is 9.37 Å². The van der Waals surface area contributed by atoms with Crippen molar-refractivity contribution < 1.29 is 35.5 Å². The standard InChI is InChI=1S/C16H10F7N5O/c17-9-4-8(5-25-12(9)29-14(2-1-3-14)16(21,22)23)10-7-28-11(6-24-10)26-27-13(28)15(18,19)20/h4-7H,1-3H2. The molecule has 154 valence electrons. The first-order chi connectivity index (χ1) is 13.5. The topological polar surface area (TPSA) is 65.2 Å². The fourth-order valence-electron chi connectivity index (χ4n) is 2.91. The molecule has 0 spiro atoms. The second-order valence-electron chi connectivity index (χ2n) is 6.48. The van der Waals surface area contributed by atoms with Crippen LogP contribution >= 0.6 is 0 Å². The van der Waals surface area contributed by atoms with Gasteiger partial charge in [0.15, 0.2) is 11.5 Å². The molecule has 0 aliphatic heterocycles. The van der Waals surface area contributed by atoms with Crippen LogP contribution in [-0.2, 0) is 6.18 Å². The molecule has 3 aromatic heterocycles. The number of hydrogen-bond acceptors (Lipinski definition) is 5. The smallest absolute Gasteiger partial charge is 0.452 e. The molecule has 1 aliphatic carbocycles. The lowest BCUT2D eigenvalue weighted by molar-refractivity contribution is -0.275. The van der Waals surface area contributed by atoms with Crippen molar-refractivity contribution in [1.82, 2.24) is 24.6 Å². The van der Waals surface area contributed by atoms with E-state index in [9.17, 15) is 30.7 Å². The van der Waals surface area contributed by atoms with E-state index in [1.165, 1.54) is 0 Å². The molecule has 3 heterocycles. The number of rotatable bonds is 3. The van der Waals surface area contributed by atoms with Gasteiger partial charge in [0, 0.05) is 18.0 Å². The number of halogens is 7. The molecule has 0 aromatic carbocycles. The number of alkyl halides is 6. The molecule has 0 atom stereocenters. The molecule has 6 nitrogen and oxygen atoms in total. The van der Waals surface area contributed by atoms with Crippen molar-refractivity contribution in [2.45, 2.75) is 37.2 Å². The lowest BCUT2D eigenvalue weighted by Gasteiger charge is -2.42. The fourth-order valence-corrected chi connectivity index (χ4v) is 2.91. The summed E-state index contributed by atoms with van der Waals surface area (Å²) in [5, 5.41) is 6.39. The van der Waals surface area contributed by atoms with Crippen molar-refractivity contribution in [3.63, 3.8) is 0 Å². The van der Waals surface area contributed by atoms with Gasteiger partial charge in [-0.15, -0.1) is 10.2 Å². The summed E-state index contributed by atoms with van der Waals surface area (Å²) in [6.07, 6.45) is -6.93. The summed E-state index contributed by atoms with van der Waals surface area (Å²) in [4.78, 5) is 7.44. The third kappa shape index (κ3) is 3.23. The molecule has 1 fully saturated rings. The van der Waals surface area contributed by atoms with Crippen LogP contribution < -0.4 is 4.74 Å². The van der Waals surface area contributed by atoms with Gasteiger partial charge in [-0.05, 0) is 25.3 Å². The van der Waals surface area contributed by atoms with Crippen LogP contribution in [0.3, 0.4) is 0 Å². The molecule has 0 radical (unpaired) electrons. The first-order valence-electron chi connectivity index (χ1n) is 8.20. The zero-order valence-electron chi connectivity index (χ0n) is 14.2. The van der Waals surface area contributed by atoms with Gasteiger partial charge in [0.1, 0.15) is 0 Å². The number of aromatic nitrogens is 5. The molecule has 3 aromatic rings. The van der Waals surface area contributed by atoms with E-state index in [2.05, 4.69) is 20.2 Å². The average Bonchev–Trinajstić information content (AvgIpc) is 3.01. The minimum atomic E-state index is -4.78. The second-order valence-corrected chi connectivity index (χ2v) is 6.48. The predicted molar refractivity (Wildman–Crippen MR) is 82.2 cm³/mol. The van der Waals surface area contributed by atoms with Crippen LogP contribution in [0.4, 0.5) is 30.7 Å². The highest BCUT2D eigenvalue weighted by Gasteiger charge is 2.61. The van der Waals surface area contributed by atoms with Crippen LogP contribution in [0.5, 0.6) is 5.88 Å². The monoisotopic (exact) mass is 421 g/mol. The fraction of sp³-hybridized carbons (Fsp3) is 0.375. The number of nitrogens with zero attached hydrogens (tertiary/aromatic N) is 5. The van der Waals surface area contributed by atoms with Crippen molar-refractivity contribution in [3.05, 3.63) is 36.3 Å². The average molecular weight is 421 g/mol. The Morgan fingerprint density at radius 2 is 1.72 bits per heavy atom. The van der Waals surface area contributed by atoms with Gasteiger partial charge in [0.2, 0.25) is 11.4 Å². The summed E-state index contributed by atoms with van der Waals surface area (Å²) in [5.41, 5.74) is -2.85. The first-order valence-corrected chi connectivity index (χ1v) is 8.20. The summed E-state index contributed by atoms with van der Waals surface area (Å²) >= 11 is 0. The Bertz CT molecular complexity index is 1070. The summed E-state index contributed by atoms with van der Waals surface area (Å²) in [6.45, 7) is 0. The minimum Gasteiger partial charge on any atom is -0.459 e. The molecule has 1 aliphatic rings. The van der Waals surface area contributed by atoms with E-state index in [4.69, 9.17) is 4.74 Å². The van der Waals surface area contributed by atoms with Crippen molar-refractivity contribution in [1.29, 1.82) is 0 Å². The number of fused-ring (bicyclic) bond motifs is 1. The Morgan fingerprint density at radius 3 is 2.28 bits per heavy atom. The molecule has 1 saturated carbocycles. The van der Waals surface area contributed by atoms with Crippen molar-refractivity contribution in [3.8, 4) is 17.1 Å². The molecule has 0 unspecified atom stereocenters. The molecule has 0 saturated heterocycles. The number of pyridine rings is 1. The van der Waals surface area contributed by atoms with Gasteiger partial charge in [-0.3, -0.25) is 9.38 Å². The van der Waals surface area contributed by atoms with Crippen molar-refractivity contribution in [2.75, 3.05) is 0 Å². The quantitative estimate of drug-likeness (QED) is 0.593. The van der Waals surface area contributed by atoms with Crippen LogP contribution in [0, 0.1) is 5.82 Å². The molecule has 0 amide bonds. The van der Waals surface area contributed by atoms with Crippen LogP contribution in [0.15, 0.2) is 24.7 Å². The van der Waals surface area contributed by atoms with E-state index in [1.807, 2.05) is 0 Å². The summed E-state index contributed by atoms with van der Waals surface area (Å²) in [6, 6.07) is 0.789. The van der Waals surface area contributed by atoms with E-state index in [0.29, 0.717) is 4.40 Å². The van der Waals surface area contributed by atoms with E-state index in [1.54, 1.807) is 0 Å². The van der Waals surface area contributed by atoms with E-state index >= 15 is 0 Å². The van der Waals surface area contributed by atoms with E-state index < -0.39 is 35.5 Å². The summed E-state index contributed by atoms with van der Waals surface area (Å²) < 4.78 is 98.3. The lowest BCUT2D eigenvalue weighted by atomic mass is 9.79. The Labute approximate surface area is 157 Å². The van der Waals surface area contributed by atoms with E-state index in [-0.39, 0.29) is 36.2 Å². The predicted octanol–water partition coefficient (Wildman–Crippen LogP) is 4.21. The van der Waals surface area contributed by atoms with Crippen LogP contribution in [0.1, 0.15) is 25.1 Å². The van der Waals surface area contributed by atoms with Gasteiger partial charge < -0.3 is 4.74 Å². The molecule has 0 N–H and O–H groups in total. The van der Waals surface area contributed by atoms with Gasteiger partial charge >= 0.3 is 12.4 Å². The number of hydrogen-bond donors (Lipinski definition) is 0. The van der Waals surface area contributed by atoms with Crippen LogP contribution in [0.2, 0.25) is 0 Å². The molecular weight excluding hydrogens is 411 g/mol. The highest BCUT2D eigenvalue weighted by atomic mass is 19.4. The number of ether oxygens (including phenoxy) is 1. The van der Waals surface area contributed by atoms with Crippen molar-refractivity contribution >= 4 is 5.65 Å². The zero-order valence-corrected chi connectivity index (χ0v) is 14.2. The van der Waals surface area contributed by atoms with Gasteiger partial charge in [-0.2, -0.15) is 26.3 Å². The van der Waals surface area contributed by atoms with E-state index in [0.717, 1.165) is 24.7 Å². The molecule has 29 heavy (non-hydrogen) atoms.